The first-order valence-corrected chi connectivity index (χ1v) is 15.8. The van der Waals surface area contributed by atoms with E-state index >= 15 is 0 Å². The second-order valence-electron chi connectivity index (χ2n) is 13.1. The lowest BCUT2D eigenvalue weighted by atomic mass is 9.69. The van der Waals surface area contributed by atoms with Crippen molar-refractivity contribution in [2.45, 2.75) is 95.2 Å². The highest BCUT2D eigenvalue weighted by Crippen LogP contribution is 2.41. The number of methoxy groups -OCH3 is 1. The molecule has 2 aromatic rings. The van der Waals surface area contributed by atoms with E-state index in [0.29, 0.717) is 17.7 Å². The lowest BCUT2D eigenvalue weighted by Gasteiger charge is -2.40. The number of carbonyl (C=O) groups is 4. The molecule has 1 saturated carbocycles. The van der Waals surface area contributed by atoms with Gasteiger partial charge in [-0.3, -0.25) is 24.3 Å². The molecule has 2 fully saturated rings. The molecule has 3 amide bonds. The number of amides is 3. The van der Waals surface area contributed by atoms with Gasteiger partial charge in [0.25, 0.3) is 0 Å². The third-order valence-electron chi connectivity index (χ3n) is 9.85. The maximum atomic E-state index is 14.1. The Bertz CT molecular complexity index is 1360. The maximum Gasteiger partial charge on any atom is 0.244 e. The molecule has 0 spiro atoms. The SMILES string of the molecule is COc1ccc(CC(NC(=O)[C@@H](C)NC(=O)C[C@@H]2CCc3[nH]ncc3C2)(C(N)=O)[C@H](CC2CCCC2)C(=O)[C@@]2(C)CO2)cc1. The number of benzene rings is 1. The van der Waals surface area contributed by atoms with E-state index in [1.165, 1.54) is 0 Å². The molecule has 5 rings (SSSR count). The lowest BCUT2D eigenvalue weighted by molar-refractivity contribution is -0.142. The van der Waals surface area contributed by atoms with Crippen LogP contribution in [0.25, 0.3) is 0 Å². The highest BCUT2D eigenvalue weighted by molar-refractivity contribution is 6.01. The Morgan fingerprint density at radius 1 is 1.16 bits per heavy atom. The molecule has 5 atom stereocenters. The third-order valence-corrected chi connectivity index (χ3v) is 9.85. The van der Waals surface area contributed by atoms with Crippen molar-refractivity contribution < 1.29 is 28.7 Å². The fraction of sp³-hybridized carbons (Fsp3) is 0.606. The van der Waals surface area contributed by atoms with Crippen LogP contribution in [0.4, 0.5) is 0 Å². The van der Waals surface area contributed by atoms with Gasteiger partial charge in [-0.25, -0.2) is 0 Å². The normalized spacial score (nSPS) is 23.9. The number of rotatable bonds is 14. The van der Waals surface area contributed by atoms with Gasteiger partial charge < -0.3 is 25.8 Å². The van der Waals surface area contributed by atoms with Gasteiger partial charge in [0, 0.05) is 18.5 Å². The van der Waals surface area contributed by atoms with Crippen LogP contribution in [0.15, 0.2) is 30.5 Å². The number of fused-ring (bicyclic) bond motifs is 1. The van der Waals surface area contributed by atoms with Gasteiger partial charge in [-0.05, 0) is 74.6 Å². The van der Waals surface area contributed by atoms with E-state index in [2.05, 4.69) is 20.8 Å². The predicted octanol–water partition coefficient (Wildman–Crippen LogP) is 2.56. The van der Waals surface area contributed by atoms with Crippen LogP contribution in [-0.4, -0.2) is 64.6 Å². The summed E-state index contributed by atoms with van der Waals surface area (Å²) in [7, 11) is 1.56. The number of nitrogens with one attached hydrogen (secondary N) is 3. The van der Waals surface area contributed by atoms with Crippen LogP contribution < -0.4 is 21.1 Å². The molecule has 0 bridgehead atoms. The summed E-state index contributed by atoms with van der Waals surface area (Å²) in [6.07, 6.45) is 8.92. The average molecular weight is 608 g/mol. The van der Waals surface area contributed by atoms with Crippen molar-refractivity contribution in [1.29, 1.82) is 0 Å². The Morgan fingerprint density at radius 3 is 2.50 bits per heavy atom. The minimum absolute atomic E-state index is 0.00699. The van der Waals surface area contributed by atoms with Crippen LogP contribution in [0.1, 0.15) is 75.6 Å². The zero-order valence-corrected chi connectivity index (χ0v) is 25.9. The monoisotopic (exact) mass is 607 g/mol. The molecule has 2 heterocycles. The van der Waals surface area contributed by atoms with Gasteiger partial charge in [-0.1, -0.05) is 37.8 Å². The Balaban J connectivity index is 1.38. The van der Waals surface area contributed by atoms with Crippen LogP contribution in [0.2, 0.25) is 0 Å². The van der Waals surface area contributed by atoms with E-state index in [9.17, 15) is 19.2 Å². The van der Waals surface area contributed by atoms with Crippen LogP contribution in [-0.2, 0) is 43.2 Å². The summed E-state index contributed by atoms with van der Waals surface area (Å²) in [6.45, 7) is 3.56. The van der Waals surface area contributed by atoms with Crippen molar-refractivity contribution in [2.75, 3.05) is 13.7 Å². The van der Waals surface area contributed by atoms with Gasteiger partial charge in [-0.15, -0.1) is 0 Å². The average Bonchev–Trinajstić information content (AvgIpc) is 3.35. The van der Waals surface area contributed by atoms with E-state index in [1.54, 1.807) is 51.4 Å². The zero-order chi connectivity index (χ0) is 31.5. The number of aryl methyl sites for hydroxylation is 1. The molecule has 11 nitrogen and oxygen atoms in total. The van der Waals surface area contributed by atoms with Crippen LogP contribution in [0.5, 0.6) is 5.75 Å². The summed E-state index contributed by atoms with van der Waals surface area (Å²) in [4.78, 5) is 54.6. The minimum atomic E-state index is -1.74. The number of ether oxygens (including phenoxy) is 2. The Morgan fingerprint density at radius 2 is 1.86 bits per heavy atom. The van der Waals surface area contributed by atoms with Crippen molar-refractivity contribution >= 4 is 23.5 Å². The lowest BCUT2D eigenvalue weighted by Crippen LogP contribution is -2.68. The third kappa shape index (κ3) is 6.98. The van der Waals surface area contributed by atoms with Gasteiger partial charge in [0.1, 0.15) is 22.9 Å². The standard InChI is InChI=1S/C33H45N5O6/c1-20(36-28(39)16-23-10-13-27-24(14-23)18-35-38-27)30(41)37-33(31(34)42,17-22-8-11-25(43-3)12-9-22)26(15-21-6-4-5-7-21)29(40)32(2)19-44-32/h8-9,11-12,18,20-21,23,26H,4-7,10,13-17,19H2,1-3H3,(H2,34,42)(H,35,38)(H,36,39)(H,37,41)/t20-,23-,26-,32-,33?/m1/s1. The van der Waals surface area contributed by atoms with Crippen molar-refractivity contribution in [1.82, 2.24) is 20.8 Å². The first-order chi connectivity index (χ1) is 21.0. The molecule has 1 aromatic carbocycles. The molecule has 5 N–H and O–H groups in total. The minimum Gasteiger partial charge on any atom is -0.497 e. The molecule has 1 aliphatic heterocycles. The van der Waals surface area contributed by atoms with Crippen molar-refractivity contribution in [2.24, 2.45) is 23.5 Å². The fourth-order valence-corrected chi connectivity index (χ4v) is 6.99. The molecule has 238 valence electrons. The molecular weight excluding hydrogens is 562 g/mol. The Hall–Kier alpha value is -3.73. The predicted molar refractivity (Wildman–Crippen MR) is 163 cm³/mol. The number of ketones is 1. The van der Waals surface area contributed by atoms with E-state index < -0.39 is 34.9 Å². The molecule has 1 saturated heterocycles. The first kappa shape index (κ1) is 31.7. The number of epoxide rings is 1. The van der Waals surface area contributed by atoms with Gasteiger partial charge in [-0.2, -0.15) is 5.10 Å². The van der Waals surface area contributed by atoms with Crippen LogP contribution >= 0.6 is 0 Å². The summed E-state index contributed by atoms with van der Waals surface area (Å²) < 4.78 is 10.9. The number of Topliss-reactive ketones (excluding diaryl/α,β-unsaturated/α-hetero) is 1. The summed E-state index contributed by atoms with van der Waals surface area (Å²) in [6, 6.07) is 6.18. The highest BCUT2D eigenvalue weighted by Gasteiger charge is 2.58. The number of nitrogens with zero attached hydrogens (tertiary/aromatic N) is 1. The number of carbonyl (C=O) groups excluding carboxylic acids is 4. The van der Waals surface area contributed by atoms with Crippen molar-refractivity contribution in [3.05, 3.63) is 47.3 Å². The number of primary amides is 1. The topological polar surface area (TPSA) is 169 Å². The van der Waals surface area contributed by atoms with E-state index in [1.807, 2.05) is 0 Å². The Kier molecular flexibility index (Phi) is 9.43. The first-order valence-electron chi connectivity index (χ1n) is 15.8. The highest BCUT2D eigenvalue weighted by atomic mass is 16.6. The number of H-pyrrole nitrogens is 1. The number of aromatic nitrogens is 2. The van der Waals surface area contributed by atoms with E-state index in [4.69, 9.17) is 15.2 Å². The number of hydrogen-bond donors (Lipinski definition) is 4. The fourth-order valence-electron chi connectivity index (χ4n) is 6.99. The molecule has 1 unspecified atom stereocenters. The summed E-state index contributed by atoms with van der Waals surface area (Å²) in [5, 5.41) is 12.9. The quantitative estimate of drug-likeness (QED) is 0.239. The summed E-state index contributed by atoms with van der Waals surface area (Å²) in [5.74, 6) is -1.75. The molecule has 11 heteroatoms. The van der Waals surface area contributed by atoms with Crippen LogP contribution in [0.3, 0.4) is 0 Å². The van der Waals surface area contributed by atoms with Crippen LogP contribution in [0, 0.1) is 17.8 Å². The molecule has 3 aliphatic rings. The smallest absolute Gasteiger partial charge is 0.244 e. The summed E-state index contributed by atoms with van der Waals surface area (Å²) >= 11 is 0. The van der Waals surface area contributed by atoms with Crippen molar-refractivity contribution in [3.63, 3.8) is 0 Å². The van der Waals surface area contributed by atoms with Gasteiger partial charge in [0.05, 0.1) is 25.8 Å². The maximum absolute atomic E-state index is 14.1. The van der Waals surface area contributed by atoms with E-state index in [0.717, 1.165) is 56.2 Å². The number of nitrogens with two attached hydrogens (primary N) is 1. The summed E-state index contributed by atoms with van der Waals surface area (Å²) in [5.41, 5.74) is 6.37. The second-order valence-corrected chi connectivity index (χ2v) is 13.1. The molecule has 1 aromatic heterocycles. The molecule has 44 heavy (non-hydrogen) atoms. The van der Waals surface area contributed by atoms with Gasteiger partial charge >= 0.3 is 0 Å². The van der Waals surface area contributed by atoms with Gasteiger partial charge in [0.2, 0.25) is 17.7 Å². The van der Waals surface area contributed by atoms with Gasteiger partial charge in [0.15, 0.2) is 5.78 Å². The number of aromatic amines is 1. The second kappa shape index (κ2) is 13.1. The number of hydrogen-bond acceptors (Lipinski definition) is 7. The largest absolute Gasteiger partial charge is 0.497 e. The zero-order valence-electron chi connectivity index (χ0n) is 25.9. The van der Waals surface area contributed by atoms with E-state index in [-0.39, 0.29) is 43.0 Å². The molecule has 0 radical (unpaired) electrons. The molecular formula is C33H45N5O6. The molecule has 2 aliphatic carbocycles. The Labute approximate surface area is 258 Å². The van der Waals surface area contributed by atoms with Crippen molar-refractivity contribution in [3.8, 4) is 5.75 Å².